The molecule has 0 aliphatic carbocycles. The Morgan fingerprint density at radius 3 is 2.51 bits per heavy atom. The lowest BCUT2D eigenvalue weighted by Gasteiger charge is -2.22. The second-order valence-electron chi connectivity index (χ2n) is 7.95. The summed E-state index contributed by atoms with van der Waals surface area (Å²) in [5, 5.41) is 19.9. The van der Waals surface area contributed by atoms with Crippen molar-refractivity contribution in [3.05, 3.63) is 107 Å². The summed E-state index contributed by atoms with van der Waals surface area (Å²) < 4.78 is 0.675. The maximum absolute atomic E-state index is 13.2. The smallest absolute Gasteiger partial charge is 0.301 e. The Balaban J connectivity index is 1.53. The van der Waals surface area contributed by atoms with E-state index in [1.54, 1.807) is 36.7 Å². The van der Waals surface area contributed by atoms with E-state index >= 15 is 0 Å². The van der Waals surface area contributed by atoms with E-state index in [-0.39, 0.29) is 11.3 Å². The first-order valence-corrected chi connectivity index (χ1v) is 12.6. The molecule has 4 aromatic rings. The number of pyridine rings is 1. The summed E-state index contributed by atoms with van der Waals surface area (Å²) in [4.78, 5) is 31.9. The lowest BCUT2D eigenvalue weighted by atomic mass is 9.96. The topological polar surface area (TPSA) is 96.3 Å². The summed E-state index contributed by atoms with van der Waals surface area (Å²) in [6, 6.07) is 19.7. The van der Waals surface area contributed by atoms with E-state index in [0.717, 1.165) is 11.1 Å². The van der Waals surface area contributed by atoms with Gasteiger partial charge in [-0.15, -0.1) is 10.2 Å². The summed E-state index contributed by atoms with van der Waals surface area (Å²) in [6.07, 6.45) is 3.19. The number of aliphatic hydroxyl groups is 1. The van der Waals surface area contributed by atoms with Crippen LogP contribution in [0.2, 0.25) is 0 Å². The summed E-state index contributed by atoms with van der Waals surface area (Å²) in [6.45, 7) is 1.93. The highest BCUT2D eigenvalue weighted by atomic mass is 32.2. The maximum atomic E-state index is 13.2. The first-order valence-electron chi connectivity index (χ1n) is 10.8. The number of anilines is 1. The lowest BCUT2D eigenvalue weighted by molar-refractivity contribution is -0.132. The zero-order valence-electron chi connectivity index (χ0n) is 18.7. The van der Waals surface area contributed by atoms with E-state index in [4.69, 9.17) is 0 Å². The van der Waals surface area contributed by atoms with Crippen molar-refractivity contribution in [2.45, 2.75) is 23.1 Å². The molecule has 1 atom stereocenters. The number of carbonyl (C=O) groups is 2. The third kappa shape index (κ3) is 4.60. The molecule has 5 rings (SSSR count). The van der Waals surface area contributed by atoms with Crippen molar-refractivity contribution < 1.29 is 14.7 Å². The van der Waals surface area contributed by atoms with Crippen molar-refractivity contribution in [3.8, 4) is 0 Å². The van der Waals surface area contributed by atoms with Crippen molar-refractivity contribution >= 4 is 45.7 Å². The van der Waals surface area contributed by atoms with Gasteiger partial charge in [-0.3, -0.25) is 19.5 Å². The van der Waals surface area contributed by atoms with Crippen LogP contribution in [-0.4, -0.2) is 32.0 Å². The van der Waals surface area contributed by atoms with Gasteiger partial charge in [0.2, 0.25) is 5.13 Å². The summed E-state index contributed by atoms with van der Waals surface area (Å²) in [5.74, 6) is -1.06. The Morgan fingerprint density at radius 1 is 1.03 bits per heavy atom. The quantitative estimate of drug-likeness (QED) is 0.128. The fraction of sp³-hybridized carbons (Fsp3) is 0.115. The molecule has 0 radical (unpaired) electrons. The van der Waals surface area contributed by atoms with Crippen LogP contribution in [0.3, 0.4) is 0 Å². The third-order valence-electron chi connectivity index (χ3n) is 5.58. The van der Waals surface area contributed by atoms with E-state index < -0.39 is 17.7 Å². The van der Waals surface area contributed by atoms with Crippen LogP contribution in [0.25, 0.3) is 5.76 Å². The first kappa shape index (κ1) is 22.9. The molecular weight excluding hydrogens is 480 g/mol. The normalized spacial score (nSPS) is 17.2. The zero-order chi connectivity index (χ0) is 24.4. The summed E-state index contributed by atoms with van der Waals surface area (Å²) in [7, 11) is 0. The number of hydrogen-bond donors (Lipinski definition) is 1. The number of benzene rings is 2. The SMILES string of the molecule is Cc1ccc(/C(O)=C2/C(=O)C(=O)N(c3nnc(SCc4ccccc4)s3)C2c2cccnc2)cc1. The average molecular weight is 501 g/mol. The Morgan fingerprint density at radius 2 is 1.80 bits per heavy atom. The van der Waals surface area contributed by atoms with Crippen molar-refractivity contribution in [1.82, 2.24) is 15.2 Å². The lowest BCUT2D eigenvalue weighted by Crippen LogP contribution is -2.29. The summed E-state index contributed by atoms with van der Waals surface area (Å²) >= 11 is 2.74. The van der Waals surface area contributed by atoms with Crippen LogP contribution in [0.5, 0.6) is 0 Å². The van der Waals surface area contributed by atoms with Gasteiger partial charge in [-0.05, 0) is 24.1 Å². The number of amides is 1. The van der Waals surface area contributed by atoms with Gasteiger partial charge < -0.3 is 5.11 Å². The zero-order valence-corrected chi connectivity index (χ0v) is 20.3. The predicted molar refractivity (Wildman–Crippen MR) is 136 cm³/mol. The van der Waals surface area contributed by atoms with E-state index in [1.807, 2.05) is 49.4 Å². The molecule has 1 unspecified atom stereocenters. The highest BCUT2D eigenvalue weighted by molar-refractivity contribution is 8.00. The molecule has 2 aromatic carbocycles. The van der Waals surface area contributed by atoms with Gasteiger partial charge >= 0.3 is 5.91 Å². The number of ketones is 1. The van der Waals surface area contributed by atoms with Gasteiger partial charge in [0.25, 0.3) is 5.78 Å². The minimum Gasteiger partial charge on any atom is -0.507 e. The van der Waals surface area contributed by atoms with Gasteiger partial charge in [0.1, 0.15) is 5.76 Å². The van der Waals surface area contributed by atoms with Crippen molar-refractivity contribution in [2.24, 2.45) is 0 Å². The molecule has 0 saturated carbocycles. The highest BCUT2D eigenvalue weighted by Crippen LogP contribution is 2.43. The van der Waals surface area contributed by atoms with Gasteiger partial charge in [0.15, 0.2) is 4.34 Å². The molecule has 0 bridgehead atoms. The Bertz CT molecular complexity index is 1400. The number of aryl methyl sites for hydroxylation is 1. The summed E-state index contributed by atoms with van der Waals surface area (Å²) in [5.41, 5.74) is 3.21. The van der Waals surface area contributed by atoms with Gasteiger partial charge in [-0.25, -0.2) is 0 Å². The van der Waals surface area contributed by atoms with Gasteiger partial charge in [-0.1, -0.05) is 89.3 Å². The largest absolute Gasteiger partial charge is 0.507 e. The second kappa shape index (κ2) is 9.81. The van der Waals surface area contributed by atoms with Crippen LogP contribution in [-0.2, 0) is 15.3 Å². The molecule has 1 saturated heterocycles. The molecule has 174 valence electrons. The highest BCUT2D eigenvalue weighted by Gasteiger charge is 2.48. The number of nitrogens with zero attached hydrogens (tertiary/aromatic N) is 4. The number of Topliss-reactive ketones (excluding diaryl/α,β-unsaturated/α-hetero) is 1. The number of aromatic nitrogens is 3. The molecule has 1 N–H and O–H groups in total. The van der Waals surface area contributed by atoms with Gasteiger partial charge in [0, 0.05) is 23.7 Å². The number of aliphatic hydroxyl groups excluding tert-OH is 1. The van der Waals surface area contributed by atoms with E-state index in [2.05, 4.69) is 15.2 Å². The molecule has 1 aliphatic rings. The van der Waals surface area contributed by atoms with Crippen LogP contribution in [0, 0.1) is 6.92 Å². The van der Waals surface area contributed by atoms with Crippen LogP contribution < -0.4 is 4.90 Å². The first-order chi connectivity index (χ1) is 17.0. The Labute approximate surface area is 210 Å². The van der Waals surface area contributed by atoms with Crippen molar-refractivity contribution in [3.63, 3.8) is 0 Å². The van der Waals surface area contributed by atoms with Crippen LogP contribution >= 0.6 is 23.1 Å². The Kier molecular flexibility index (Phi) is 6.43. The van der Waals surface area contributed by atoms with E-state index in [1.165, 1.54) is 28.0 Å². The molecule has 3 heterocycles. The maximum Gasteiger partial charge on any atom is 0.301 e. The van der Waals surface area contributed by atoms with Crippen LogP contribution in [0.15, 0.2) is 89.0 Å². The number of thioether (sulfide) groups is 1. The molecule has 1 fully saturated rings. The van der Waals surface area contributed by atoms with Crippen LogP contribution in [0.1, 0.15) is 28.3 Å². The molecule has 1 aliphatic heterocycles. The number of carbonyl (C=O) groups excluding carboxylic acids is 2. The third-order valence-corrected chi connectivity index (χ3v) is 7.70. The van der Waals surface area contributed by atoms with E-state index in [0.29, 0.717) is 26.4 Å². The number of rotatable bonds is 6. The monoisotopic (exact) mass is 500 g/mol. The molecule has 35 heavy (non-hydrogen) atoms. The fourth-order valence-electron chi connectivity index (χ4n) is 3.83. The Hall–Kier alpha value is -3.82. The van der Waals surface area contributed by atoms with Crippen molar-refractivity contribution in [1.29, 1.82) is 0 Å². The second-order valence-corrected chi connectivity index (χ2v) is 10.1. The molecule has 2 aromatic heterocycles. The van der Waals surface area contributed by atoms with Crippen LogP contribution in [0.4, 0.5) is 5.13 Å². The minimum absolute atomic E-state index is 0.000502. The van der Waals surface area contributed by atoms with Gasteiger partial charge in [0.05, 0.1) is 11.6 Å². The molecule has 9 heteroatoms. The fourth-order valence-corrected chi connectivity index (χ4v) is 5.65. The van der Waals surface area contributed by atoms with E-state index in [9.17, 15) is 14.7 Å². The molecular formula is C26H20N4O3S2. The molecule has 0 spiro atoms. The minimum atomic E-state index is -0.870. The standard InChI is InChI=1S/C26H20N4O3S2/c1-16-9-11-18(12-10-16)22(31)20-21(19-8-5-13-27-14-19)30(24(33)23(20)32)25-28-29-26(35-25)34-15-17-6-3-2-4-7-17/h2-14,21,31H,15H2,1H3/b22-20-. The molecule has 7 nitrogen and oxygen atoms in total. The molecule has 1 amide bonds. The predicted octanol–water partition coefficient (Wildman–Crippen LogP) is 5.16. The van der Waals surface area contributed by atoms with Crippen molar-refractivity contribution in [2.75, 3.05) is 4.90 Å². The number of hydrogen-bond acceptors (Lipinski definition) is 8. The van der Waals surface area contributed by atoms with Gasteiger partial charge in [-0.2, -0.15) is 0 Å². The average Bonchev–Trinajstić information content (AvgIpc) is 3.46.